The van der Waals surface area contributed by atoms with E-state index >= 15 is 0 Å². The molecular weight excluding hydrogens is 472 g/mol. The highest BCUT2D eigenvalue weighted by molar-refractivity contribution is 14.0. The zero-order valence-corrected chi connectivity index (χ0v) is 17.3. The van der Waals surface area contributed by atoms with Crippen LogP contribution in [0.3, 0.4) is 0 Å². The van der Waals surface area contributed by atoms with E-state index in [0.717, 1.165) is 12.0 Å². The third-order valence-electron chi connectivity index (χ3n) is 3.50. The molecule has 0 amide bonds. The van der Waals surface area contributed by atoms with Gasteiger partial charge in [-0.2, -0.15) is 0 Å². The molecule has 1 fully saturated rings. The number of sulfone groups is 1. The first-order valence-electron chi connectivity index (χ1n) is 7.01. The normalized spacial score (nSPS) is 20.0. The highest BCUT2D eigenvalue weighted by Crippen LogP contribution is 2.21. The lowest BCUT2D eigenvalue weighted by Crippen LogP contribution is -2.44. The Morgan fingerprint density at radius 3 is 2.70 bits per heavy atom. The van der Waals surface area contributed by atoms with Crippen molar-refractivity contribution in [1.82, 2.24) is 10.6 Å². The first kappa shape index (κ1) is 20.8. The fourth-order valence-electron chi connectivity index (χ4n) is 2.34. The lowest BCUT2D eigenvalue weighted by molar-refractivity contribution is 0.599. The largest absolute Gasteiger partial charge is 0.356 e. The molecule has 1 aliphatic rings. The average molecular weight is 492 g/mol. The van der Waals surface area contributed by atoms with Crippen LogP contribution in [0.1, 0.15) is 12.0 Å². The Bertz CT molecular complexity index is 668. The van der Waals surface area contributed by atoms with E-state index in [4.69, 9.17) is 23.2 Å². The molecule has 5 nitrogen and oxygen atoms in total. The van der Waals surface area contributed by atoms with Crippen LogP contribution in [0.25, 0.3) is 0 Å². The minimum absolute atomic E-state index is 0. The molecule has 2 rings (SSSR count). The molecule has 1 atom stereocenters. The van der Waals surface area contributed by atoms with Gasteiger partial charge in [-0.3, -0.25) is 4.99 Å². The fourth-order valence-corrected chi connectivity index (χ4v) is 4.51. The Kier molecular flexibility index (Phi) is 8.40. The molecule has 1 aromatic carbocycles. The smallest absolute Gasteiger partial charge is 0.191 e. The maximum Gasteiger partial charge on any atom is 0.191 e. The van der Waals surface area contributed by atoms with Gasteiger partial charge in [0.15, 0.2) is 15.8 Å². The van der Waals surface area contributed by atoms with Crippen LogP contribution in [0.15, 0.2) is 23.2 Å². The fraction of sp³-hybridized carbons (Fsp3) is 0.500. The maximum absolute atomic E-state index is 11.4. The van der Waals surface area contributed by atoms with Crippen molar-refractivity contribution in [3.8, 4) is 0 Å². The molecular formula is C14H20Cl2IN3O2S. The van der Waals surface area contributed by atoms with Crippen molar-refractivity contribution in [1.29, 1.82) is 0 Å². The summed E-state index contributed by atoms with van der Waals surface area (Å²) in [5.41, 5.74) is 0.998. The Balaban J connectivity index is 0.00000264. The molecule has 0 radical (unpaired) electrons. The lowest BCUT2D eigenvalue weighted by Gasteiger charge is -2.16. The molecule has 0 saturated carbocycles. The zero-order valence-electron chi connectivity index (χ0n) is 12.7. The van der Waals surface area contributed by atoms with E-state index in [1.807, 2.05) is 6.07 Å². The highest BCUT2D eigenvalue weighted by Gasteiger charge is 2.28. The standard InChI is InChI=1S/C14H19Cl2N3O2S.HI/c1-17-14(19-12-5-7-22(20,21)9-12)18-6-4-10-2-3-11(15)8-13(10)16;/h2-3,8,12H,4-7,9H2,1H3,(H2,17,18,19);1H. The summed E-state index contributed by atoms with van der Waals surface area (Å²) in [4.78, 5) is 4.11. The Hall–Kier alpha value is -0.250. The Morgan fingerprint density at radius 2 is 2.13 bits per heavy atom. The molecule has 0 spiro atoms. The van der Waals surface area contributed by atoms with Crippen molar-refractivity contribution in [2.45, 2.75) is 18.9 Å². The van der Waals surface area contributed by atoms with E-state index in [0.29, 0.717) is 29.0 Å². The number of hydrogen-bond donors (Lipinski definition) is 2. The van der Waals surface area contributed by atoms with Crippen LogP contribution < -0.4 is 10.6 Å². The molecule has 2 N–H and O–H groups in total. The van der Waals surface area contributed by atoms with Crippen molar-refractivity contribution < 1.29 is 8.42 Å². The minimum atomic E-state index is -2.90. The first-order chi connectivity index (χ1) is 10.4. The number of guanidine groups is 1. The average Bonchev–Trinajstić information content (AvgIpc) is 2.79. The predicted molar refractivity (Wildman–Crippen MR) is 107 cm³/mol. The topological polar surface area (TPSA) is 70.6 Å². The number of nitrogens with one attached hydrogen (secondary N) is 2. The van der Waals surface area contributed by atoms with Crippen LogP contribution in [0, 0.1) is 0 Å². The van der Waals surface area contributed by atoms with E-state index in [-0.39, 0.29) is 41.5 Å². The van der Waals surface area contributed by atoms with E-state index in [9.17, 15) is 8.42 Å². The van der Waals surface area contributed by atoms with Crippen molar-refractivity contribution in [3.63, 3.8) is 0 Å². The second kappa shape index (κ2) is 9.29. The van der Waals surface area contributed by atoms with Crippen molar-refractivity contribution >= 4 is 63.0 Å². The molecule has 1 unspecified atom stereocenters. The van der Waals surface area contributed by atoms with Gasteiger partial charge in [0.05, 0.1) is 11.5 Å². The highest BCUT2D eigenvalue weighted by atomic mass is 127. The summed E-state index contributed by atoms with van der Waals surface area (Å²) in [5.74, 6) is 1.01. The minimum Gasteiger partial charge on any atom is -0.356 e. The summed E-state index contributed by atoms with van der Waals surface area (Å²) in [6.45, 7) is 0.639. The Labute approximate surface area is 164 Å². The quantitative estimate of drug-likeness (QED) is 0.385. The van der Waals surface area contributed by atoms with Crippen LogP contribution in [0.4, 0.5) is 0 Å². The molecule has 1 aliphatic heterocycles. The van der Waals surface area contributed by atoms with Gasteiger partial charge < -0.3 is 10.6 Å². The molecule has 1 aromatic rings. The van der Waals surface area contributed by atoms with E-state index in [2.05, 4.69) is 15.6 Å². The van der Waals surface area contributed by atoms with Crippen LogP contribution >= 0.6 is 47.2 Å². The van der Waals surface area contributed by atoms with Crippen molar-refractivity contribution in [2.75, 3.05) is 25.1 Å². The van der Waals surface area contributed by atoms with E-state index < -0.39 is 9.84 Å². The third-order valence-corrected chi connectivity index (χ3v) is 5.85. The molecule has 1 heterocycles. The van der Waals surface area contributed by atoms with Gasteiger partial charge in [0.2, 0.25) is 0 Å². The van der Waals surface area contributed by atoms with Crippen LogP contribution in [0.5, 0.6) is 0 Å². The summed E-state index contributed by atoms with van der Waals surface area (Å²) in [6.07, 6.45) is 1.34. The summed E-state index contributed by atoms with van der Waals surface area (Å²) in [7, 11) is -1.24. The number of hydrogen-bond acceptors (Lipinski definition) is 3. The van der Waals surface area contributed by atoms with Gasteiger partial charge in [-0.25, -0.2) is 8.42 Å². The van der Waals surface area contributed by atoms with Crippen molar-refractivity contribution in [2.24, 2.45) is 4.99 Å². The third kappa shape index (κ3) is 6.64. The summed E-state index contributed by atoms with van der Waals surface area (Å²) in [6, 6.07) is 5.34. The van der Waals surface area contributed by atoms with Crippen LogP contribution in [-0.2, 0) is 16.3 Å². The van der Waals surface area contributed by atoms with Gasteiger partial charge in [-0.15, -0.1) is 24.0 Å². The molecule has 1 saturated heterocycles. The van der Waals surface area contributed by atoms with Gasteiger partial charge >= 0.3 is 0 Å². The molecule has 0 aliphatic carbocycles. The molecule has 9 heteroatoms. The summed E-state index contributed by atoms with van der Waals surface area (Å²) < 4.78 is 22.9. The SMILES string of the molecule is CN=C(NCCc1ccc(Cl)cc1Cl)NC1CCS(=O)(=O)C1.I. The number of rotatable bonds is 4. The molecule has 23 heavy (non-hydrogen) atoms. The van der Waals surface area contributed by atoms with Gasteiger partial charge in [-0.1, -0.05) is 29.3 Å². The van der Waals surface area contributed by atoms with Gasteiger partial charge in [0.1, 0.15) is 0 Å². The van der Waals surface area contributed by atoms with Crippen LogP contribution in [-0.4, -0.2) is 45.5 Å². The first-order valence-corrected chi connectivity index (χ1v) is 9.59. The van der Waals surface area contributed by atoms with Crippen LogP contribution in [0.2, 0.25) is 10.0 Å². The van der Waals surface area contributed by atoms with Gasteiger partial charge in [0.25, 0.3) is 0 Å². The molecule has 0 aromatic heterocycles. The summed E-state index contributed by atoms with van der Waals surface area (Å²) >= 11 is 12.0. The van der Waals surface area contributed by atoms with Gasteiger partial charge in [-0.05, 0) is 30.5 Å². The maximum atomic E-state index is 11.4. The van der Waals surface area contributed by atoms with E-state index in [1.54, 1.807) is 19.2 Å². The monoisotopic (exact) mass is 491 g/mol. The van der Waals surface area contributed by atoms with Crippen molar-refractivity contribution in [3.05, 3.63) is 33.8 Å². The molecule has 0 bridgehead atoms. The second-order valence-electron chi connectivity index (χ2n) is 5.23. The Morgan fingerprint density at radius 1 is 1.39 bits per heavy atom. The van der Waals surface area contributed by atoms with Gasteiger partial charge in [0, 0.05) is 29.7 Å². The number of halogens is 3. The molecule has 130 valence electrons. The zero-order chi connectivity index (χ0) is 16.2. The number of benzene rings is 1. The predicted octanol–water partition coefficient (Wildman–Crippen LogP) is 2.51. The van der Waals surface area contributed by atoms with E-state index in [1.165, 1.54) is 0 Å². The lowest BCUT2D eigenvalue weighted by atomic mass is 10.1. The number of aliphatic imine (C=N–C) groups is 1. The number of nitrogens with zero attached hydrogens (tertiary/aromatic N) is 1. The second-order valence-corrected chi connectivity index (χ2v) is 8.30. The summed E-state index contributed by atoms with van der Waals surface area (Å²) in [5, 5.41) is 7.55.